The maximum Gasteiger partial charge on any atom is 0.308 e. The van der Waals surface area contributed by atoms with Crippen LogP contribution in [0.15, 0.2) is 0 Å². The average Bonchev–Trinajstić information content (AvgIpc) is 2.00. The summed E-state index contributed by atoms with van der Waals surface area (Å²) in [6, 6.07) is 0. The lowest BCUT2D eigenvalue weighted by Gasteiger charge is -2.26. The zero-order valence-corrected chi connectivity index (χ0v) is 10.3. The minimum Gasteiger partial charge on any atom is -0.469 e. The summed E-state index contributed by atoms with van der Waals surface area (Å²) >= 11 is 0. The molecule has 0 fully saturated rings. The SMILES string of the molecule is COC(=O)CC(C)(C)OCCC(C)(C)O. The van der Waals surface area contributed by atoms with Crippen LogP contribution >= 0.6 is 0 Å². The molecule has 0 saturated carbocycles. The van der Waals surface area contributed by atoms with Gasteiger partial charge in [0.05, 0.1) is 31.3 Å². The number of hydrogen-bond acceptors (Lipinski definition) is 4. The van der Waals surface area contributed by atoms with Gasteiger partial charge in [-0.3, -0.25) is 4.79 Å². The highest BCUT2D eigenvalue weighted by Crippen LogP contribution is 2.17. The summed E-state index contributed by atoms with van der Waals surface area (Å²) in [4.78, 5) is 11.0. The summed E-state index contributed by atoms with van der Waals surface area (Å²) in [5.41, 5.74) is -1.28. The molecule has 0 bridgehead atoms. The fourth-order valence-electron chi connectivity index (χ4n) is 1.05. The predicted molar refractivity (Wildman–Crippen MR) is 57.6 cm³/mol. The van der Waals surface area contributed by atoms with Crippen LogP contribution in [0.2, 0.25) is 0 Å². The van der Waals surface area contributed by atoms with Crippen LogP contribution in [0.3, 0.4) is 0 Å². The van der Waals surface area contributed by atoms with Gasteiger partial charge in [-0.2, -0.15) is 0 Å². The van der Waals surface area contributed by atoms with Gasteiger partial charge in [-0.1, -0.05) is 0 Å². The molecule has 0 radical (unpaired) electrons. The molecule has 15 heavy (non-hydrogen) atoms. The molecule has 0 aromatic carbocycles. The van der Waals surface area contributed by atoms with Gasteiger partial charge in [0.1, 0.15) is 0 Å². The maximum absolute atomic E-state index is 11.0. The van der Waals surface area contributed by atoms with Crippen molar-refractivity contribution in [1.82, 2.24) is 0 Å². The molecule has 0 aliphatic carbocycles. The first-order chi connectivity index (χ1) is 6.66. The van der Waals surface area contributed by atoms with Crippen LogP contribution in [0.25, 0.3) is 0 Å². The monoisotopic (exact) mass is 218 g/mol. The Morgan fingerprint density at radius 1 is 1.27 bits per heavy atom. The van der Waals surface area contributed by atoms with Gasteiger partial charge < -0.3 is 14.6 Å². The van der Waals surface area contributed by atoms with Crippen LogP contribution in [-0.2, 0) is 14.3 Å². The van der Waals surface area contributed by atoms with E-state index in [9.17, 15) is 9.90 Å². The number of aliphatic hydroxyl groups is 1. The lowest BCUT2D eigenvalue weighted by atomic mass is 10.0. The molecular formula is C11H22O4. The van der Waals surface area contributed by atoms with Crippen LogP contribution < -0.4 is 0 Å². The van der Waals surface area contributed by atoms with E-state index in [0.717, 1.165) is 0 Å². The van der Waals surface area contributed by atoms with Crippen molar-refractivity contribution in [3.05, 3.63) is 0 Å². The first-order valence-electron chi connectivity index (χ1n) is 5.09. The third kappa shape index (κ3) is 8.39. The fraction of sp³-hybridized carbons (Fsp3) is 0.909. The van der Waals surface area contributed by atoms with Crippen molar-refractivity contribution in [1.29, 1.82) is 0 Å². The molecule has 0 aromatic heterocycles. The Hall–Kier alpha value is -0.610. The van der Waals surface area contributed by atoms with E-state index in [0.29, 0.717) is 13.0 Å². The van der Waals surface area contributed by atoms with Crippen molar-refractivity contribution in [3.8, 4) is 0 Å². The number of hydrogen-bond donors (Lipinski definition) is 1. The topological polar surface area (TPSA) is 55.8 Å². The van der Waals surface area contributed by atoms with E-state index in [4.69, 9.17) is 4.74 Å². The van der Waals surface area contributed by atoms with Gasteiger partial charge in [-0.25, -0.2) is 0 Å². The van der Waals surface area contributed by atoms with E-state index >= 15 is 0 Å². The highest BCUT2D eigenvalue weighted by molar-refractivity contribution is 5.70. The highest BCUT2D eigenvalue weighted by atomic mass is 16.5. The zero-order chi connectivity index (χ0) is 12.1. The van der Waals surface area contributed by atoms with Gasteiger partial charge in [0, 0.05) is 0 Å². The molecule has 0 atom stereocenters. The van der Waals surface area contributed by atoms with E-state index in [2.05, 4.69) is 4.74 Å². The first kappa shape index (κ1) is 14.4. The quantitative estimate of drug-likeness (QED) is 0.686. The summed E-state index contributed by atoms with van der Waals surface area (Å²) < 4.78 is 10.1. The van der Waals surface area contributed by atoms with Crippen LogP contribution in [0.1, 0.15) is 40.5 Å². The minimum atomic E-state index is -0.735. The number of carbonyl (C=O) groups excluding carboxylic acids is 1. The number of methoxy groups -OCH3 is 1. The summed E-state index contributed by atoms with van der Waals surface area (Å²) in [7, 11) is 1.36. The van der Waals surface area contributed by atoms with Crippen molar-refractivity contribution >= 4 is 5.97 Å². The molecule has 0 rings (SSSR count). The Bertz CT molecular complexity index is 203. The van der Waals surface area contributed by atoms with Gasteiger partial charge >= 0.3 is 5.97 Å². The summed E-state index contributed by atoms with van der Waals surface area (Å²) in [5, 5.41) is 9.47. The molecule has 4 heteroatoms. The second kappa shape index (κ2) is 5.47. The number of rotatable bonds is 6. The lowest BCUT2D eigenvalue weighted by molar-refractivity contribution is -0.147. The smallest absolute Gasteiger partial charge is 0.308 e. The van der Waals surface area contributed by atoms with Crippen LogP contribution in [-0.4, -0.2) is 36.0 Å². The number of esters is 1. The van der Waals surface area contributed by atoms with E-state index in [1.807, 2.05) is 13.8 Å². The second-order valence-corrected chi connectivity index (χ2v) is 4.92. The summed E-state index contributed by atoms with van der Waals surface area (Å²) in [5.74, 6) is -0.289. The molecule has 0 unspecified atom stereocenters. The van der Waals surface area contributed by atoms with Crippen molar-refractivity contribution in [3.63, 3.8) is 0 Å². The second-order valence-electron chi connectivity index (χ2n) is 4.92. The van der Waals surface area contributed by atoms with Crippen LogP contribution in [0.5, 0.6) is 0 Å². The number of ether oxygens (including phenoxy) is 2. The van der Waals surface area contributed by atoms with Gasteiger partial charge in [-0.15, -0.1) is 0 Å². The third-order valence-electron chi connectivity index (χ3n) is 2.00. The van der Waals surface area contributed by atoms with Crippen LogP contribution in [0, 0.1) is 0 Å². The Labute approximate surface area is 91.6 Å². The van der Waals surface area contributed by atoms with Crippen molar-refractivity contribution in [2.75, 3.05) is 13.7 Å². The molecule has 1 N–H and O–H groups in total. The van der Waals surface area contributed by atoms with E-state index < -0.39 is 11.2 Å². The van der Waals surface area contributed by atoms with Gasteiger partial charge in [0.25, 0.3) is 0 Å². The molecule has 0 aromatic rings. The molecule has 0 saturated heterocycles. The largest absolute Gasteiger partial charge is 0.469 e. The minimum absolute atomic E-state index is 0.218. The van der Waals surface area contributed by atoms with Gasteiger partial charge in [0.2, 0.25) is 0 Å². The highest BCUT2D eigenvalue weighted by Gasteiger charge is 2.24. The van der Waals surface area contributed by atoms with Gasteiger partial charge in [0.15, 0.2) is 0 Å². The van der Waals surface area contributed by atoms with Crippen molar-refractivity contribution in [2.45, 2.75) is 51.7 Å². The Morgan fingerprint density at radius 2 is 1.80 bits per heavy atom. The predicted octanol–water partition coefficient (Wildman–Crippen LogP) is 1.51. The van der Waals surface area contributed by atoms with Crippen LogP contribution in [0.4, 0.5) is 0 Å². The fourth-order valence-corrected chi connectivity index (χ4v) is 1.05. The molecule has 0 amide bonds. The maximum atomic E-state index is 11.0. The van der Waals surface area contributed by atoms with E-state index in [1.54, 1.807) is 13.8 Å². The third-order valence-corrected chi connectivity index (χ3v) is 2.00. The normalized spacial score (nSPS) is 12.7. The zero-order valence-electron chi connectivity index (χ0n) is 10.3. The lowest BCUT2D eigenvalue weighted by Crippen LogP contribution is -2.31. The Kier molecular flexibility index (Phi) is 5.24. The van der Waals surface area contributed by atoms with Crippen molar-refractivity contribution in [2.24, 2.45) is 0 Å². The van der Waals surface area contributed by atoms with E-state index in [1.165, 1.54) is 7.11 Å². The molecule has 0 spiro atoms. The van der Waals surface area contributed by atoms with Crippen molar-refractivity contribution < 1.29 is 19.4 Å². The molecule has 0 aliphatic heterocycles. The molecule has 0 aliphatic rings. The Balaban J connectivity index is 3.89. The molecule has 90 valence electrons. The Morgan fingerprint density at radius 3 is 2.20 bits per heavy atom. The molecular weight excluding hydrogens is 196 g/mol. The number of carbonyl (C=O) groups is 1. The molecule has 0 heterocycles. The molecule has 4 nitrogen and oxygen atoms in total. The summed E-state index contributed by atoms with van der Waals surface area (Å²) in [6.45, 7) is 7.53. The summed E-state index contributed by atoms with van der Waals surface area (Å²) in [6.07, 6.45) is 0.757. The average molecular weight is 218 g/mol. The first-order valence-corrected chi connectivity index (χ1v) is 5.09. The van der Waals surface area contributed by atoms with Gasteiger partial charge in [-0.05, 0) is 34.1 Å². The van der Waals surface area contributed by atoms with E-state index in [-0.39, 0.29) is 12.4 Å². The standard InChI is InChI=1S/C11H22O4/c1-10(2,13)6-7-15-11(3,4)8-9(12)14-5/h13H,6-8H2,1-5H3.